The first-order valence-electron chi connectivity index (χ1n) is 22.9. The van der Waals surface area contributed by atoms with Gasteiger partial charge in [-0.2, -0.15) is 0 Å². The summed E-state index contributed by atoms with van der Waals surface area (Å²) < 4.78 is 5.00. The SMILES string of the molecule is c1cc(-c2ccc(N(c3ccc(-c4ccc(-c5ccc6ccccc6c5)cc4)cc3)c3ccccc3-c3ccc4c(c3)sc3ccccc34)cc2)cc(-n2c3ccccc3c3ccccc32)c1. The van der Waals surface area contributed by atoms with Gasteiger partial charge in [-0.25, -0.2) is 0 Å². The molecule has 0 fully saturated rings. The maximum atomic E-state index is 2.41. The van der Waals surface area contributed by atoms with Gasteiger partial charge in [0.2, 0.25) is 0 Å². The molecule has 0 amide bonds. The average molecular weight is 871 g/mol. The van der Waals surface area contributed by atoms with Crippen LogP contribution in [-0.4, -0.2) is 4.57 Å². The van der Waals surface area contributed by atoms with Crippen molar-refractivity contribution in [3.8, 4) is 50.2 Å². The molecular weight excluding hydrogens is 829 g/mol. The van der Waals surface area contributed by atoms with Crippen LogP contribution in [0, 0.1) is 0 Å². The number of aromatic nitrogens is 1. The molecule has 0 N–H and O–H groups in total. The Bertz CT molecular complexity index is 3920. The van der Waals surface area contributed by atoms with E-state index < -0.39 is 0 Å². The molecule has 67 heavy (non-hydrogen) atoms. The number of hydrogen-bond acceptors (Lipinski definition) is 2. The molecule has 314 valence electrons. The Kier molecular flexibility index (Phi) is 9.40. The molecule has 0 aliphatic rings. The number of nitrogens with zero attached hydrogens (tertiary/aromatic N) is 2. The average Bonchev–Trinajstić information content (AvgIpc) is 3.95. The predicted molar refractivity (Wildman–Crippen MR) is 288 cm³/mol. The molecule has 2 heterocycles. The van der Waals surface area contributed by atoms with Crippen molar-refractivity contribution in [2.75, 3.05) is 4.90 Å². The topological polar surface area (TPSA) is 8.17 Å². The molecule has 13 rings (SSSR count). The van der Waals surface area contributed by atoms with Crippen molar-refractivity contribution in [3.05, 3.63) is 255 Å². The number of thiophene rings is 1. The van der Waals surface area contributed by atoms with E-state index in [2.05, 4.69) is 264 Å². The third-order valence-electron chi connectivity index (χ3n) is 13.4. The van der Waals surface area contributed by atoms with Crippen LogP contribution in [0.2, 0.25) is 0 Å². The number of anilines is 3. The molecule has 0 spiro atoms. The second-order valence-corrected chi connectivity index (χ2v) is 18.4. The van der Waals surface area contributed by atoms with Gasteiger partial charge in [0.15, 0.2) is 0 Å². The zero-order chi connectivity index (χ0) is 44.3. The van der Waals surface area contributed by atoms with Crippen LogP contribution in [-0.2, 0) is 0 Å². The molecule has 13 aromatic rings. The fourth-order valence-electron chi connectivity index (χ4n) is 10.1. The van der Waals surface area contributed by atoms with Crippen LogP contribution in [0.15, 0.2) is 255 Å². The van der Waals surface area contributed by atoms with E-state index in [0.717, 1.165) is 28.3 Å². The van der Waals surface area contributed by atoms with Gasteiger partial charge in [-0.05, 0) is 123 Å². The zero-order valence-corrected chi connectivity index (χ0v) is 37.4. The quantitative estimate of drug-likeness (QED) is 0.148. The Hall–Kier alpha value is -8.50. The molecule has 0 unspecified atom stereocenters. The van der Waals surface area contributed by atoms with E-state index in [9.17, 15) is 0 Å². The number of rotatable bonds is 8. The van der Waals surface area contributed by atoms with E-state index in [0.29, 0.717) is 0 Å². The van der Waals surface area contributed by atoms with Crippen molar-refractivity contribution in [2.45, 2.75) is 0 Å². The number of benzene rings is 11. The van der Waals surface area contributed by atoms with Gasteiger partial charge in [-0.15, -0.1) is 11.3 Å². The first-order chi connectivity index (χ1) is 33.2. The number of fused-ring (bicyclic) bond motifs is 7. The van der Waals surface area contributed by atoms with Crippen LogP contribution in [0.5, 0.6) is 0 Å². The molecule has 0 saturated carbocycles. The highest BCUT2D eigenvalue weighted by molar-refractivity contribution is 7.25. The summed E-state index contributed by atoms with van der Waals surface area (Å²) in [5.41, 5.74) is 16.4. The van der Waals surface area contributed by atoms with E-state index in [1.54, 1.807) is 0 Å². The Morgan fingerprint density at radius 3 is 1.51 bits per heavy atom. The summed E-state index contributed by atoms with van der Waals surface area (Å²) in [6, 6.07) is 93.2. The minimum Gasteiger partial charge on any atom is -0.310 e. The highest BCUT2D eigenvalue weighted by Crippen LogP contribution is 2.44. The predicted octanol–water partition coefficient (Wildman–Crippen LogP) is 18.4. The summed E-state index contributed by atoms with van der Waals surface area (Å²) in [6.45, 7) is 0. The Balaban J connectivity index is 0.883. The summed E-state index contributed by atoms with van der Waals surface area (Å²) in [5.74, 6) is 0. The third kappa shape index (κ3) is 6.88. The van der Waals surface area contributed by atoms with Gasteiger partial charge in [0.05, 0.1) is 16.7 Å². The van der Waals surface area contributed by atoms with E-state index in [1.807, 2.05) is 11.3 Å². The largest absolute Gasteiger partial charge is 0.310 e. The van der Waals surface area contributed by atoms with Crippen LogP contribution in [0.4, 0.5) is 17.1 Å². The van der Waals surface area contributed by atoms with Crippen LogP contribution >= 0.6 is 11.3 Å². The molecule has 2 nitrogen and oxygen atoms in total. The fraction of sp³-hybridized carbons (Fsp3) is 0. The van der Waals surface area contributed by atoms with Gasteiger partial charge in [-0.3, -0.25) is 0 Å². The molecule has 2 aromatic heterocycles. The lowest BCUT2D eigenvalue weighted by molar-refractivity contribution is 1.18. The highest BCUT2D eigenvalue weighted by atomic mass is 32.1. The monoisotopic (exact) mass is 870 g/mol. The summed E-state index contributed by atoms with van der Waals surface area (Å²) in [7, 11) is 0. The lowest BCUT2D eigenvalue weighted by Crippen LogP contribution is -2.11. The van der Waals surface area contributed by atoms with Gasteiger partial charge >= 0.3 is 0 Å². The highest BCUT2D eigenvalue weighted by Gasteiger charge is 2.19. The summed E-state index contributed by atoms with van der Waals surface area (Å²) in [5, 5.41) is 7.66. The van der Waals surface area contributed by atoms with Crippen molar-refractivity contribution in [2.24, 2.45) is 0 Å². The van der Waals surface area contributed by atoms with Crippen molar-refractivity contribution in [1.29, 1.82) is 0 Å². The van der Waals surface area contributed by atoms with Gasteiger partial charge in [0, 0.05) is 53.6 Å². The molecule has 0 saturated heterocycles. The van der Waals surface area contributed by atoms with Crippen LogP contribution in [0.1, 0.15) is 0 Å². The van der Waals surface area contributed by atoms with Crippen LogP contribution in [0.3, 0.4) is 0 Å². The number of hydrogen-bond donors (Lipinski definition) is 0. The molecule has 11 aromatic carbocycles. The van der Waals surface area contributed by atoms with Crippen molar-refractivity contribution >= 4 is 81.1 Å². The van der Waals surface area contributed by atoms with Gasteiger partial charge in [-0.1, -0.05) is 182 Å². The lowest BCUT2D eigenvalue weighted by atomic mass is 9.98. The first-order valence-corrected chi connectivity index (χ1v) is 23.7. The third-order valence-corrected chi connectivity index (χ3v) is 14.5. The first kappa shape index (κ1) is 38.9. The Morgan fingerprint density at radius 1 is 0.299 bits per heavy atom. The van der Waals surface area contributed by atoms with E-state index in [4.69, 9.17) is 0 Å². The van der Waals surface area contributed by atoms with Crippen LogP contribution < -0.4 is 4.90 Å². The number of para-hydroxylation sites is 3. The summed E-state index contributed by atoms with van der Waals surface area (Å²) in [4.78, 5) is 2.41. The molecule has 0 radical (unpaired) electrons. The van der Waals surface area contributed by atoms with E-state index in [1.165, 1.54) is 91.7 Å². The van der Waals surface area contributed by atoms with Crippen LogP contribution in [0.25, 0.3) is 103 Å². The zero-order valence-electron chi connectivity index (χ0n) is 36.6. The second kappa shape index (κ2) is 16.2. The minimum atomic E-state index is 1.09. The minimum absolute atomic E-state index is 1.09. The standard InChI is InChI=1S/C64H42N2S/c1-2-13-48-40-50(29-28-43(48)12-1)46-26-24-44(25-27-46)45-30-35-52(36-31-45)65(60-20-7-3-16-55(60)51-34-39-59-58-19-6-10-23-63(58)67-64(59)42-51)53-37-32-47(33-38-53)49-14-11-15-54(41-49)66-61-21-8-4-17-56(61)57-18-5-9-22-62(57)66/h1-42H. The van der Waals surface area contributed by atoms with Crippen molar-refractivity contribution in [1.82, 2.24) is 4.57 Å². The normalized spacial score (nSPS) is 11.6. The smallest absolute Gasteiger partial charge is 0.0541 e. The fourth-order valence-corrected chi connectivity index (χ4v) is 11.2. The molecule has 0 atom stereocenters. The molecule has 0 aliphatic heterocycles. The van der Waals surface area contributed by atoms with Gasteiger partial charge in [0.1, 0.15) is 0 Å². The van der Waals surface area contributed by atoms with E-state index in [-0.39, 0.29) is 0 Å². The maximum absolute atomic E-state index is 2.41. The van der Waals surface area contributed by atoms with Gasteiger partial charge in [0.25, 0.3) is 0 Å². The van der Waals surface area contributed by atoms with E-state index >= 15 is 0 Å². The maximum Gasteiger partial charge on any atom is 0.0541 e. The molecule has 3 heteroatoms. The lowest BCUT2D eigenvalue weighted by Gasteiger charge is -2.28. The van der Waals surface area contributed by atoms with Gasteiger partial charge < -0.3 is 9.47 Å². The summed E-state index contributed by atoms with van der Waals surface area (Å²) in [6.07, 6.45) is 0. The Labute approximate surface area is 393 Å². The molecule has 0 aliphatic carbocycles. The van der Waals surface area contributed by atoms with Crippen molar-refractivity contribution < 1.29 is 0 Å². The molecule has 0 bridgehead atoms. The molecular formula is C64H42N2S. The summed E-state index contributed by atoms with van der Waals surface area (Å²) >= 11 is 1.86. The second-order valence-electron chi connectivity index (χ2n) is 17.3. The van der Waals surface area contributed by atoms with Crippen molar-refractivity contribution in [3.63, 3.8) is 0 Å². The Morgan fingerprint density at radius 2 is 0.806 bits per heavy atom.